The normalized spacial score (nSPS) is 15.0. The lowest BCUT2D eigenvalue weighted by Gasteiger charge is -2.30. The Morgan fingerprint density at radius 1 is 0.750 bits per heavy atom. The SMILES string of the molecule is CC[C@@H](O)[C@@H](OCc1ccccc1)[C@H](CC)OCc1ccccc1. The molecule has 1 N–H and O–H groups in total. The maximum absolute atomic E-state index is 10.4. The summed E-state index contributed by atoms with van der Waals surface area (Å²) < 4.78 is 12.1. The summed E-state index contributed by atoms with van der Waals surface area (Å²) in [7, 11) is 0. The topological polar surface area (TPSA) is 38.7 Å². The molecule has 0 aliphatic heterocycles. The summed E-state index contributed by atoms with van der Waals surface area (Å²) in [6, 6.07) is 20.1. The smallest absolute Gasteiger partial charge is 0.110 e. The van der Waals surface area contributed by atoms with Gasteiger partial charge in [0.05, 0.1) is 25.4 Å². The van der Waals surface area contributed by atoms with Crippen LogP contribution in [0.5, 0.6) is 0 Å². The van der Waals surface area contributed by atoms with E-state index in [1.807, 2.05) is 67.6 Å². The average Bonchev–Trinajstić information content (AvgIpc) is 2.65. The maximum atomic E-state index is 10.4. The van der Waals surface area contributed by atoms with Crippen molar-refractivity contribution in [3.8, 4) is 0 Å². The molecule has 0 saturated carbocycles. The van der Waals surface area contributed by atoms with Gasteiger partial charge >= 0.3 is 0 Å². The van der Waals surface area contributed by atoms with Crippen LogP contribution < -0.4 is 0 Å². The monoisotopic (exact) mass is 328 g/mol. The Kier molecular flexibility index (Phi) is 7.96. The van der Waals surface area contributed by atoms with Crippen molar-refractivity contribution < 1.29 is 14.6 Å². The minimum absolute atomic E-state index is 0.135. The number of ether oxygens (including phenoxy) is 2. The highest BCUT2D eigenvalue weighted by molar-refractivity contribution is 5.14. The zero-order valence-corrected chi connectivity index (χ0v) is 14.6. The van der Waals surface area contributed by atoms with Gasteiger partial charge < -0.3 is 14.6 Å². The minimum Gasteiger partial charge on any atom is -0.390 e. The van der Waals surface area contributed by atoms with Crippen molar-refractivity contribution in [2.24, 2.45) is 0 Å². The van der Waals surface area contributed by atoms with Crippen LogP contribution in [0, 0.1) is 0 Å². The third-order valence-electron chi connectivity index (χ3n) is 4.16. The lowest BCUT2D eigenvalue weighted by Crippen LogP contribution is -2.40. The molecule has 2 aromatic rings. The molecule has 0 aromatic heterocycles. The third kappa shape index (κ3) is 5.75. The molecular formula is C21H28O3. The number of aliphatic hydroxyl groups is 1. The van der Waals surface area contributed by atoms with Gasteiger partial charge in [-0.1, -0.05) is 74.5 Å². The van der Waals surface area contributed by atoms with Gasteiger partial charge in [-0.3, -0.25) is 0 Å². The molecule has 0 saturated heterocycles. The fraction of sp³-hybridized carbons (Fsp3) is 0.429. The van der Waals surface area contributed by atoms with Crippen LogP contribution in [-0.4, -0.2) is 23.4 Å². The molecule has 2 rings (SSSR count). The molecule has 0 fully saturated rings. The van der Waals surface area contributed by atoms with E-state index in [4.69, 9.17) is 9.47 Å². The first-order valence-corrected chi connectivity index (χ1v) is 8.73. The van der Waals surface area contributed by atoms with Crippen LogP contribution in [0.2, 0.25) is 0 Å². The molecule has 24 heavy (non-hydrogen) atoms. The Labute approximate surface area is 145 Å². The zero-order chi connectivity index (χ0) is 17.2. The second-order valence-electron chi connectivity index (χ2n) is 5.98. The van der Waals surface area contributed by atoms with E-state index in [-0.39, 0.29) is 12.2 Å². The molecule has 3 nitrogen and oxygen atoms in total. The van der Waals surface area contributed by atoms with E-state index in [1.165, 1.54) is 0 Å². The summed E-state index contributed by atoms with van der Waals surface area (Å²) in [6.45, 7) is 5.04. The Balaban J connectivity index is 1.97. The van der Waals surface area contributed by atoms with Gasteiger partial charge in [0.25, 0.3) is 0 Å². The van der Waals surface area contributed by atoms with Crippen LogP contribution in [0.25, 0.3) is 0 Å². The van der Waals surface area contributed by atoms with Crippen molar-refractivity contribution in [1.29, 1.82) is 0 Å². The molecule has 0 spiro atoms. The molecule has 0 unspecified atom stereocenters. The fourth-order valence-corrected chi connectivity index (χ4v) is 2.69. The number of hydrogen-bond acceptors (Lipinski definition) is 3. The van der Waals surface area contributed by atoms with Gasteiger partial charge in [0.15, 0.2) is 0 Å². The van der Waals surface area contributed by atoms with Crippen LogP contribution in [0.1, 0.15) is 37.8 Å². The number of rotatable bonds is 10. The first kappa shape index (κ1) is 18.7. The molecule has 0 heterocycles. The Hall–Kier alpha value is -1.68. The predicted molar refractivity (Wildman–Crippen MR) is 96.6 cm³/mol. The molecule has 2 aromatic carbocycles. The van der Waals surface area contributed by atoms with Crippen molar-refractivity contribution in [2.45, 2.75) is 58.2 Å². The van der Waals surface area contributed by atoms with Crippen molar-refractivity contribution in [1.82, 2.24) is 0 Å². The molecular weight excluding hydrogens is 300 g/mol. The molecule has 0 aliphatic carbocycles. The van der Waals surface area contributed by atoms with Crippen molar-refractivity contribution in [2.75, 3.05) is 0 Å². The van der Waals surface area contributed by atoms with Gasteiger partial charge in [-0.05, 0) is 24.0 Å². The quantitative estimate of drug-likeness (QED) is 0.705. The van der Waals surface area contributed by atoms with Gasteiger partial charge in [0.1, 0.15) is 6.10 Å². The summed E-state index contributed by atoms with van der Waals surface area (Å²) in [5, 5.41) is 10.4. The summed E-state index contributed by atoms with van der Waals surface area (Å²) in [5.74, 6) is 0. The Morgan fingerprint density at radius 2 is 1.25 bits per heavy atom. The molecule has 0 aliphatic rings. The van der Waals surface area contributed by atoms with E-state index in [9.17, 15) is 5.11 Å². The van der Waals surface area contributed by atoms with Crippen LogP contribution >= 0.6 is 0 Å². The van der Waals surface area contributed by atoms with Gasteiger partial charge in [0.2, 0.25) is 0 Å². The van der Waals surface area contributed by atoms with E-state index >= 15 is 0 Å². The highest BCUT2D eigenvalue weighted by Crippen LogP contribution is 2.18. The third-order valence-corrected chi connectivity index (χ3v) is 4.16. The highest BCUT2D eigenvalue weighted by atomic mass is 16.5. The van der Waals surface area contributed by atoms with Crippen molar-refractivity contribution >= 4 is 0 Å². The van der Waals surface area contributed by atoms with Crippen molar-refractivity contribution in [3.63, 3.8) is 0 Å². The van der Waals surface area contributed by atoms with Gasteiger partial charge in [-0.25, -0.2) is 0 Å². The molecule has 130 valence electrons. The fourth-order valence-electron chi connectivity index (χ4n) is 2.69. The van der Waals surface area contributed by atoms with Crippen LogP contribution in [0.4, 0.5) is 0 Å². The standard InChI is InChI=1S/C21H28O3/c1-3-19(22)21(24-16-18-13-9-6-10-14-18)20(4-2)23-15-17-11-7-5-8-12-17/h5-14,19-22H,3-4,15-16H2,1-2H3/t19-,20+,21-/m1/s1. The first-order chi connectivity index (χ1) is 11.7. The van der Waals surface area contributed by atoms with Gasteiger partial charge in [-0.15, -0.1) is 0 Å². The zero-order valence-electron chi connectivity index (χ0n) is 14.6. The largest absolute Gasteiger partial charge is 0.390 e. The van der Waals surface area contributed by atoms with E-state index in [0.29, 0.717) is 19.6 Å². The van der Waals surface area contributed by atoms with Crippen LogP contribution in [0.15, 0.2) is 60.7 Å². The molecule has 3 heteroatoms. The van der Waals surface area contributed by atoms with E-state index in [2.05, 4.69) is 6.92 Å². The summed E-state index contributed by atoms with van der Waals surface area (Å²) >= 11 is 0. The second kappa shape index (κ2) is 10.2. The highest BCUT2D eigenvalue weighted by Gasteiger charge is 2.28. The van der Waals surface area contributed by atoms with Gasteiger partial charge in [0, 0.05) is 0 Å². The lowest BCUT2D eigenvalue weighted by atomic mass is 10.0. The van der Waals surface area contributed by atoms with Crippen molar-refractivity contribution in [3.05, 3.63) is 71.8 Å². The second-order valence-corrected chi connectivity index (χ2v) is 5.98. The van der Waals surface area contributed by atoms with E-state index < -0.39 is 6.10 Å². The van der Waals surface area contributed by atoms with Crippen LogP contribution in [0.3, 0.4) is 0 Å². The van der Waals surface area contributed by atoms with Crippen LogP contribution in [-0.2, 0) is 22.7 Å². The van der Waals surface area contributed by atoms with E-state index in [1.54, 1.807) is 0 Å². The maximum Gasteiger partial charge on any atom is 0.110 e. The number of benzene rings is 2. The molecule has 0 amide bonds. The summed E-state index contributed by atoms with van der Waals surface area (Å²) in [6.07, 6.45) is 0.441. The molecule has 0 radical (unpaired) electrons. The first-order valence-electron chi connectivity index (χ1n) is 8.73. The van der Waals surface area contributed by atoms with E-state index in [0.717, 1.165) is 17.5 Å². The molecule has 3 atom stereocenters. The number of hydrogen-bond donors (Lipinski definition) is 1. The lowest BCUT2D eigenvalue weighted by molar-refractivity contribution is -0.133. The number of aliphatic hydroxyl groups excluding tert-OH is 1. The molecule has 0 bridgehead atoms. The predicted octanol–water partition coefficient (Wildman–Crippen LogP) is 4.34. The Morgan fingerprint density at radius 3 is 1.71 bits per heavy atom. The Bertz CT molecular complexity index is 556. The summed E-state index contributed by atoms with van der Waals surface area (Å²) in [4.78, 5) is 0. The summed E-state index contributed by atoms with van der Waals surface area (Å²) in [5.41, 5.74) is 2.23. The minimum atomic E-state index is -0.533. The van der Waals surface area contributed by atoms with Gasteiger partial charge in [-0.2, -0.15) is 0 Å². The average molecular weight is 328 g/mol.